The number of benzene rings is 1. The summed E-state index contributed by atoms with van der Waals surface area (Å²) in [6.45, 7) is 10.2. The molecule has 2 N–H and O–H groups in total. The molecule has 1 aromatic rings. The van der Waals surface area contributed by atoms with Gasteiger partial charge in [0.2, 0.25) is 17.7 Å². The fraction of sp³-hybridized carbons (Fsp3) is 0.654. The number of nitrogens with zero attached hydrogens (tertiary/aromatic N) is 3. The maximum atomic E-state index is 12.8. The molecule has 2 heterocycles. The van der Waals surface area contributed by atoms with Crippen molar-refractivity contribution >= 4 is 23.4 Å². The predicted octanol–water partition coefficient (Wildman–Crippen LogP) is 1.25. The second kappa shape index (κ2) is 13.6. The van der Waals surface area contributed by atoms with Gasteiger partial charge in [-0.05, 0) is 57.3 Å². The van der Waals surface area contributed by atoms with Gasteiger partial charge in [-0.15, -0.1) is 0 Å². The van der Waals surface area contributed by atoms with Gasteiger partial charge >= 0.3 is 0 Å². The van der Waals surface area contributed by atoms with Crippen LogP contribution in [0.2, 0.25) is 0 Å². The van der Waals surface area contributed by atoms with Crippen LogP contribution in [0.1, 0.15) is 30.4 Å². The van der Waals surface area contributed by atoms with Gasteiger partial charge in [-0.3, -0.25) is 24.2 Å². The van der Waals surface area contributed by atoms with Crippen LogP contribution < -0.4 is 10.6 Å². The Morgan fingerprint density at radius 2 is 1.57 bits per heavy atom. The standard InChI is InChI=1S/C26H41N5O4/c1-20-6-4-7-21(2)25(20)28-23(32)18-30-13-15-31(16-14-30)24(33)19-29-11-8-22(9-12-29)26(34)27-10-5-17-35-3/h4,6-7,22H,5,8-19H2,1-3H3,(H,27,34)(H,28,32). The molecule has 2 fully saturated rings. The van der Waals surface area contributed by atoms with Crippen LogP contribution in [0.3, 0.4) is 0 Å². The van der Waals surface area contributed by atoms with E-state index >= 15 is 0 Å². The molecule has 35 heavy (non-hydrogen) atoms. The first-order chi connectivity index (χ1) is 16.9. The highest BCUT2D eigenvalue weighted by Gasteiger charge is 2.28. The topological polar surface area (TPSA) is 94.2 Å². The summed E-state index contributed by atoms with van der Waals surface area (Å²) in [5.41, 5.74) is 3.00. The van der Waals surface area contributed by atoms with E-state index in [2.05, 4.69) is 20.4 Å². The van der Waals surface area contributed by atoms with Gasteiger partial charge in [0.25, 0.3) is 0 Å². The van der Waals surface area contributed by atoms with E-state index in [9.17, 15) is 14.4 Å². The summed E-state index contributed by atoms with van der Waals surface area (Å²) in [4.78, 5) is 43.8. The first-order valence-corrected chi connectivity index (χ1v) is 12.7. The van der Waals surface area contributed by atoms with Crippen molar-refractivity contribution in [2.75, 3.05) is 77.9 Å². The van der Waals surface area contributed by atoms with E-state index < -0.39 is 0 Å². The number of nitrogens with one attached hydrogen (secondary N) is 2. The van der Waals surface area contributed by atoms with E-state index in [0.717, 1.165) is 49.2 Å². The van der Waals surface area contributed by atoms with E-state index in [1.54, 1.807) is 7.11 Å². The van der Waals surface area contributed by atoms with Crippen molar-refractivity contribution in [3.63, 3.8) is 0 Å². The number of carbonyl (C=O) groups excluding carboxylic acids is 3. The minimum Gasteiger partial charge on any atom is -0.385 e. The lowest BCUT2D eigenvalue weighted by Gasteiger charge is -2.36. The Morgan fingerprint density at radius 3 is 2.20 bits per heavy atom. The molecule has 194 valence electrons. The number of hydrogen-bond donors (Lipinski definition) is 2. The zero-order valence-corrected chi connectivity index (χ0v) is 21.5. The van der Waals surface area contributed by atoms with Gasteiger partial charge in [0.1, 0.15) is 0 Å². The average molecular weight is 488 g/mol. The molecule has 0 bridgehead atoms. The second-order valence-corrected chi connectivity index (χ2v) is 9.66. The number of carbonyl (C=O) groups is 3. The zero-order valence-electron chi connectivity index (χ0n) is 21.5. The smallest absolute Gasteiger partial charge is 0.238 e. The Bertz CT molecular complexity index is 841. The molecular formula is C26H41N5O4. The van der Waals surface area contributed by atoms with Gasteiger partial charge in [-0.1, -0.05) is 18.2 Å². The molecule has 0 spiro atoms. The number of ether oxygens (including phenoxy) is 1. The number of methoxy groups -OCH3 is 1. The van der Waals surface area contributed by atoms with Gasteiger partial charge in [-0.25, -0.2) is 0 Å². The normalized spacial score (nSPS) is 17.9. The Morgan fingerprint density at radius 1 is 0.943 bits per heavy atom. The minimum absolute atomic E-state index is 0.0206. The number of aryl methyl sites for hydroxylation is 2. The van der Waals surface area contributed by atoms with Crippen molar-refractivity contribution in [1.29, 1.82) is 0 Å². The molecule has 1 aromatic carbocycles. The Kier molecular flexibility index (Phi) is 10.5. The first-order valence-electron chi connectivity index (χ1n) is 12.7. The molecule has 0 aromatic heterocycles. The minimum atomic E-state index is -0.0206. The molecule has 0 unspecified atom stereocenters. The van der Waals surface area contributed by atoms with Crippen molar-refractivity contribution in [2.45, 2.75) is 33.1 Å². The lowest BCUT2D eigenvalue weighted by Crippen LogP contribution is -2.53. The molecule has 2 aliphatic rings. The summed E-state index contributed by atoms with van der Waals surface area (Å²) in [6, 6.07) is 5.98. The van der Waals surface area contributed by atoms with Crippen LogP contribution >= 0.6 is 0 Å². The highest BCUT2D eigenvalue weighted by molar-refractivity contribution is 5.93. The quantitative estimate of drug-likeness (QED) is 0.483. The van der Waals surface area contributed by atoms with Crippen LogP contribution in [0.5, 0.6) is 0 Å². The molecule has 9 heteroatoms. The molecule has 3 rings (SSSR count). The molecule has 0 saturated carbocycles. The van der Waals surface area contributed by atoms with Crippen molar-refractivity contribution in [2.24, 2.45) is 5.92 Å². The summed E-state index contributed by atoms with van der Waals surface area (Å²) in [6.07, 6.45) is 2.39. The highest BCUT2D eigenvalue weighted by Crippen LogP contribution is 2.20. The summed E-state index contributed by atoms with van der Waals surface area (Å²) >= 11 is 0. The van der Waals surface area contributed by atoms with Crippen molar-refractivity contribution in [1.82, 2.24) is 20.0 Å². The van der Waals surface area contributed by atoms with E-state index in [-0.39, 0.29) is 23.6 Å². The third-order valence-electron chi connectivity index (χ3n) is 6.98. The number of likely N-dealkylation sites (tertiary alicyclic amines) is 1. The Hall–Kier alpha value is -2.49. The maximum absolute atomic E-state index is 12.8. The molecule has 0 aliphatic carbocycles. The summed E-state index contributed by atoms with van der Waals surface area (Å²) in [5, 5.41) is 6.03. The SMILES string of the molecule is COCCCNC(=O)C1CCN(CC(=O)N2CCN(CC(=O)Nc3c(C)cccc3C)CC2)CC1. The number of piperazine rings is 1. The van der Waals surface area contributed by atoms with Crippen LogP contribution in [0.25, 0.3) is 0 Å². The van der Waals surface area contributed by atoms with Crippen LogP contribution in [-0.4, -0.2) is 105 Å². The molecule has 2 aliphatic heterocycles. The monoisotopic (exact) mass is 487 g/mol. The lowest BCUT2D eigenvalue weighted by atomic mass is 9.96. The van der Waals surface area contributed by atoms with Gasteiger partial charge in [-0.2, -0.15) is 0 Å². The van der Waals surface area contributed by atoms with Crippen LogP contribution in [-0.2, 0) is 19.1 Å². The third-order valence-corrected chi connectivity index (χ3v) is 6.98. The molecule has 0 radical (unpaired) electrons. The van der Waals surface area contributed by atoms with Crippen LogP contribution in [0, 0.1) is 19.8 Å². The highest BCUT2D eigenvalue weighted by atomic mass is 16.5. The third kappa shape index (κ3) is 8.30. The summed E-state index contributed by atoms with van der Waals surface area (Å²) in [7, 11) is 1.66. The van der Waals surface area contributed by atoms with E-state index in [0.29, 0.717) is 52.4 Å². The van der Waals surface area contributed by atoms with Gasteiger partial charge in [0.05, 0.1) is 13.1 Å². The molecular weight excluding hydrogens is 446 g/mol. The first kappa shape index (κ1) is 27.1. The average Bonchev–Trinajstić information content (AvgIpc) is 2.85. The summed E-state index contributed by atoms with van der Waals surface area (Å²) in [5.74, 6) is 0.256. The predicted molar refractivity (Wildman–Crippen MR) is 136 cm³/mol. The largest absolute Gasteiger partial charge is 0.385 e. The number of anilines is 1. The number of rotatable bonds is 10. The second-order valence-electron chi connectivity index (χ2n) is 9.66. The van der Waals surface area contributed by atoms with Crippen LogP contribution in [0.4, 0.5) is 5.69 Å². The van der Waals surface area contributed by atoms with E-state index in [4.69, 9.17) is 4.74 Å². The zero-order chi connectivity index (χ0) is 25.2. The molecule has 2 saturated heterocycles. The van der Waals surface area contributed by atoms with Gasteiger partial charge < -0.3 is 20.3 Å². The van der Waals surface area contributed by atoms with E-state index in [1.165, 1.54) is 0 Å². The fourth-order valence-electron chi connectivity index (χ4n) is 4.77. The fourth-order valence-corrected chi connectivity index (χ4v) is 4.77. The molecule has 0 atom stereocenters. The number of piperidine rings is 1. The van der Waals surface area contributed by atoms with Crippen molar-refractivity contribution in [3.05, 3.63) is 29.3 Å². The van der Waals surface area contributed by atoms with Gasteiger partial charge in [0.15, 0.2) is 0 Å². The number of amides is 3. The van der Waals surface area contributed by atoms with Gasteiger partial charge in [0, 0.05) is 58.0 Å². The van der Waals surface area contributed by atoms with E-state index in [1.807, 2.05) is 36.9 Å². The number of para-hydroxylation sites is 1. The maximum Gasteiger partial charge on any atom is 0.238 e. The van der Waals surface area contributed by atoms with Crippen LogP contribution in [0.15, 0.2) is 18.2 Å². The summed E-state index contributed by atoms with van der Waals surface area (Å²) < 4.78 is 5.01. The Labute approximate surface area is 209 Å². The molecule has 9 nitrogen and oxygen atoms in total. The lowest BCUT2D eigenvalue weighted by molar-refractivity contribution is -0.134. The number of hydrogen-bond acceptors (Lipinski definition) is 6. The molecule has 3 amide bonds. The van der Waals surface area contributed by atoms with Crippen molar-refractivity contribution < 1.29 is 19.1 Å². The Balaban J connectivity index is 1.33. The van der Waals surface area contributed by atoms with Crippen molar-refractivity contribution in [3.8, 4) is 0 Å².